The van der Waals surface area contributed by atoms with E-state index in [9.17, 15) is 0 Å². The van der Waals surface area contributed by atoms with E-state index in [0.29, 0.717) is 5.88 Å². The molecule has 1 rings (SSSR count). The number of pyridine rings is 1. The molecular weight excluding hydrogens is 178 g/mol. The first-order valence-electron chi connectivity index (χ1n) is 4.91. The average molecular weight is 195 g/mol. The molecule has 1 unspecified atom stereocenters. The molecule has 0 amide bonds. The molecule has 0 fully saturated rings. The number of ether oxygens (including phenoxy) is 1. The first-order chi connectivity index (χ1) is 6.67. The summed E-state index contributed by atoms with van der Waals surface area (Å²) in [5, 5.41) is 8.96. The van der Waals surface area contributed by atoms with Gasteiger partial charge < -0.3 is 9.84 Å². The minimum Gasteiger partial charge on any atom is -0.475 e. The van der Waals surface area contributed by atoms with Gasteiger partial charge in [0.05, 0.1) is 12.7 Å². The van der Waals surface area contributed by atoms with Crippen LogP contribution in [0.15, 0.2) is 12.1 Å². The maximum atomic E-state index is 8.96. The molecule has 0 radical (unpaired) electrons. The number of rotatable bonds is 4. The van der Waals surface area contributed by atoms with Gasteiger partial charge in [0.2, 0.25) is 5.88 Å². The van der Waals surface area contributed by atoms with Crippen molar-refractivity contribution in [2.45, 2.75) is 39.9 Å². The van der Waals surface area contributed by atoms with Gasteiger partial charge in [-0.25, -0.2) is 4.98 Å². The number of hydrogen-bond acceptors (Lipinski definition) is 3. The summed E-state index contributed by atoms with van der Waals surface area (Å²) in [5.74, 6) is 0.633. The summed E-state index contributed by atoms with van der Waals surface area (Å²) >= 11 is 0. The molecule has 78 valence electrons. The maximum Gasteiger partial charge on any atom is 0.213 e. The molecule has 1 aromatic rings. The van der Waals surface area contributed by atoms with Gasteiger partial charge in [-0.15, -0.1) is 0 Å². The first-order valence-corrected chi connectivity index (χ1v) is 4.91. The smallest absolute Gasteiger partial charge is 0.213 e. The second-order valence-corrected chi connectivity index (χ2v) is 3.39. The van der Waals surface area contributed by atoms with Gasteiger partial charge in [0.15, 0.2) is 0 Å². The van der Waals surface area contributed by atoms with Crippen LogP contribution >= 0.6 is 0 Å². The van der Waals surface area contributed by atoms with E-state index in [2.05, 4.69) is 11.9 Å². The van der Waals surface area contributed by atoms with Gasteiger partial charge in [0.1, 0.15) is 0 Å². The molecule has 0 aliphatic carbocycles. The summed E-state index contributed by atoms with van der Waals surface area (Å²) in [7, 11) is 0. The van der Waals surface area contributed by atoms with Crippen LogP contribution in [0.3, 0.4) is 0 Å². The van der Waals surface area contributed by atoms with Gasteiger partial charge in [0, 0.05) is 11.8 Å². The minimum atomic E-state index is 0.0302. The third-order valence-electron chi connectivity index (χ3n) is 2.24. The zero-order valence-corrected chi connectivity index (χ0v) is 8.95. The number of aliphatic hydroxyl groups is 1. The van der Waals surface area contributed by atoms with Gasteiger partial charge in [-0.05, 0) is 31.9 Å². The van der Waals surface area contributed by atoms with Gasteiger partial charge in [-0.1, -0.05) is 6.92 Å². The molecule has 0 spiro atoms. The Labute approximate surface area is 84.7 Å². The molecular formula is C11H17NO2. The predicted molar refractivity (Wildman–Crippen MR) is 55.3 cm³/mol. The van der Waals surface area contributed by atoms with Crippen LogP contribution in [0.5, 0.6) is 5.88 Å². The fraction of sp³-hybridized carbons (Fsp3) is 0.545. The summed E-state index contributed by atoms with van der Waals surface area (Å²) in [5.41, 5.74) is 1.68. The Kier molecular flexibility index (Phi) is 3.89. The molecule has 0 saturated heterocycles. The monoisotopic (exact) mass is 195 g/mol. The molecule has 1 N–H and O–H groups in total. The number of aliphatic hydroxyl groups excluding tert-OH is 1. The Bertz CT molecular complexity index is 299. The standard InChI is InChI=1S/C11H17NO2/c1-4-8(2)14-11-6-5-10(7-13)9(3)12-11/h5-6,8,13H,4,7H2,1-3H3. The molecule has 0 aliphatic rings. The van der Waals surface area contributed by atoms with Crippen LogP contribution < -0.4 is 4.74 Å². The molecule has 3 nitrogen and oxygen atoms in total. The lowest BCUT2D eigenvalue weighted by Crippen LogP contribution is -2.11. The molecule has 0 saturated carbocycles. The topological polar surface area (TPSA) is 42.4 Å². The van der Waals surface area contributed by atoms with Crippen molar-refractivity contribution in [1.29, 1.82) is 0 Å². The van der Waals surface area contributed by atoms with Crippen LogP contribution in [-0.2, 0) is 6.61 Å². The van der Waals surface area contributed by atoms with Crippen LogP contribution in [0.2, 0.25) is 0 Å². The van der Waals surface area contributed by atoms with E-state index >= 15 is 0 Å². The summed E-state index contributed by atoms with van der Waals surface area (Å²) in [6.45, 7) is 5.98. The Balaban J connectivity index is 2.76. The van der Waals surface area contributed by atoms with E-state index < -0.39 is 0 Å². The minimum absolute atomic E-state index is 0.0302. The van der Waals surface area contributed by atoms with Crippen LogP contribution in [-0.4, -0.2) is 16.2 Å². The largest absolute Gasteiger partial charge is 0.475 e. The molecule has 3 heteroatoms. The summed E-state index contributed by atoms with van der Waals surface area (Å²) in [4.78, 5) is 4.25. The van der Waals surface area contributed by atoms with E-state index in [0.717, 1.165) is 17.7 Å². The third kappa shape index (κ3) is 2.70. The fourth-order valence-corrected chi connectivity index (χ4v) is 1.09. The summed E-state index contributed by atoms with van der Waals surface area (Å²) in [6.07, 6.45) is 1.14. The van der Waals surface area contributed by atoms with Crippen molar-refractivity contribution in [1.82, 2.24) is 4.98 Å². The maximum absolute atomic E-state index is 8.96. The quantitative estimate of drug-likeness (QED) is 0.799. The number of hydrogen-bond donors (Lipinski definition) is 1. The zero-order valence-electron chi connectivity index (χ0n) is 8.95. The molecule has 0 aliphatic heterocycles. The van der Waals surface area contributed by atoms with Crippen molar-refractivity contribution < 1.29 is 9.84 Å². The van der Waals surface area contributed by atoms with Crippen LogP contribution in [0.4, 0.5) is 0 Å². The number of aromatic nitrogens is 1. The van der Waals surface area contributed by atoms with Crippen molar-refractivity contribution in [3.63, 3.8) is 0 Å². The highest BCUT2D eigenvalue weighted by atomic mass is 16.5. The summed E-state index contributed by atoms with van der Waals surface area (Å²) in [6, 6.07) is 3.64. The first kappa shape index (κ1) is 11.0. The zero-order chi connectivity index (χ0) is 10.6. The van der Waals surface area contributed by atoms with Crippen LogP contribution in [0.25, 0.3) is 0 Å². The van der Waals surface area contributed by atoms with Crippen molar-refractivity contribution in [2.24, 2.45) is 0 Å². The second-order valence-electron chi connectivity index (χ2n) is 3.39. The molecule has 1 atom stereocenters. The van der Waals surface area contributed by atoms with Gasteiger partial charge >= 0.3 is 0 Å². The van der Waals surface area contributed by atoms with Crippen molar-refractivity contribution >= 4 is 0 Å². The lowest BCUT2D eigenvalue weighted by molar-refractivity contribution is 0.207. The Morgan fingerprint density at radius 3 is 2.71 bits per heavy atom. The number of aryl methyl sites for hydroxylation is 1. The van der Waals surface area contributed by atoms with Crippen molar-refractivity contribution in [3.05, 3.63) is 23.4 Å². The Morgan fingerprint density at radius 2 is 2.21 bits per heavy atom. The molecule has 1 heterocycles. The van der Waals surface area contributed by atoms with Gasteiger partial charge in [0.25, 0.3) is 0 Å². The van der Waals surface area contributed by atoms with E-state index in [1.54, 1.807) is 6.07 Å². The molecule has 0 bridgehead atoms. The molecule has 0 aromatic carbocycles. The predicted octanol–water partition coefficient (Wildman–Crippen LogP) is 2.06. The SMILES string of the molecule is CCC(C)Oc1ccc(CO)c(C)n1. The molecule has 1 aromatic heterocycles. The normalized spacial score (nSPS) is 12.6. The van der Waals surface area contributed by atoms with E-state index in [4.69, 9.17) is 9.84 Å². The lowest BCUT2D eigenvalue weighted by Gasteiger charge is -2.12. The highest BCUT2D eigenvalue weighted by Gasteiger charge is 2.04. The van der Waals surface area contributed by atoms with Gasteiger partial charge in [-0.3, -0.25) is 0 Å². The number of nitrogens with zero attached hydrogens (tertiary/aromatic N) is 1. The Morgan fingerprint density at radius 1 is 1.50 bits per heavy atom. The van der Waals surface area contributed by atoms with E-state index in [1.165, 1.54) is 0 Å². The fourth-order valence-electron chi connectivity index (χ4n) is 1.09. The Hall–Kier alpha value is -1.09. The van der Waals surface area contributed by atoms with E-state index in [-0.39, 0.29) is 12.7 Å². The average Bonchev–Trinajstić information content (AvgIpc) is 2.18. The highest BCUT2D eigenvalue weighted by Crippen LogP contribution is 2.14. The van der Waals surface area contributed by atoms with Crippen LogP contribution in [0.1, 0.15) is 31.5 Å². The lowest BCUT2D eigenvalue weighted by atomic mass is 10.2. The highest BCUT2D eigenvalue weighted by molar-refractivity contribution is 5.24. The third-order valence-corrected chi connectivity index (χ3v) is 2.24. The van der Waals surface area contributed by atoms with E-state index in [1.807, 2.05) is 19.9 Å². The van der Waals surface area contributed by atoms with Crippen LogP contribution in [0, 0.1) is 6.92 Å². The second kappa shape index (κ2) is 4.96. The van der Waals surface area contributed by atoms with Gasteiger partial charge in [-0.2, -0.15) is 0 Å². The molecule has 14 heavy (non-hydrogen) atoms. The summed E-state index contributed by atoms with van der Waals surface area (Å²) < 4.78 is 5.55. The van der Waals surface area contributed by atoms with Crippen molar-refractivity contribution in [3.8, 4) is 5.88 Å². The van der Waals surface area contributed by atoms with Crippen molar-refractivity contribution in [2.75, 3.05) is 0 Å².